The third-order valence-electron chi connectivity index (χ3n) is 3.67. The normalized spacial score (nSPS) is 13.7. The van der Waals surface area contributed by atoms with Crippen LogP contribution in [-0.4, -0.2) is 20.2 Å². The molecule has 0 saturated carbocycles. The Labute approximate surface area is 149 Å². The van der Waals surface area contributed by atoms with Gasteiger partial charge in [0, 0.05) is 22.7 Å². The molecule has 3 rings (SSSR count). The number of carbonyl (C=O) groups excluding carboxylic acids is 2. The summed E-state index contributed by atoms with van der Waals surface area (Å²) in [6, 6.07) is 10.5. The summed E-state index contributed by atoms with van der Waals surface area (Å²) in [6.07, 6.45) is 0.759. The van der Waals surface area contributed by atoms with Gasteiger partial charge in [-0.1, -0.05) is 17.7 Å². The van der Waals surface area contributed by atoms with Crippen LogP contribution in [-0.2, 0) is 21.2 Å². The monoisotopic (exact) mass is 379 g/mol. The molecule has 2 aromatic carbocycles. The zero-order valence-electron chi connectivity index (χ0n) is 12.9. The van der Waals surface area contributed by atoms with Gasteiger partial charge < -0.3 is 5.32 Å². The third kappa shape index (κ3) is 3.98. The van der Waals surface area contributed by atoms with Crippen LogP contribution in [0.25, 0.3) is 0 Å². The number of rotatable bonds is 4. The third-order valence-corrected chi connectivity index (χ3v) is 5.15. The van der Waals surface area contributed by atoms with Gasteiger partial charge in [0.25, 0.3) is 15.9 Å². The highest BCUT2D eigenvalue weighted by Gasteiger charge is 2.20. The summed E-state index contributed by atoms with van der Waals surface area (Å²) < 4.78 is 24.7. The molecule has 1 heterocycles. The van der Waals surface area contributed by atoms with E-state index in [2.05, 4.69) is 15.6 Å². The van der Waals surface area contributed by atoms with Gasteiger partial charge in [-0.3, -0.25) is 15.0 Å². The Morgan fingerprint density at radius 1 is 1.12 bits per heavy atom. The number of carbonyl (C=O) groups is 2. The fourth-order valence-electron chi connectivity index (χ4n) is 2.40. The van der Waals surface area contributed by atoms with Gasteiger partial charge in [-0.25, -0.2) is 8.42 Å². The van der Waals surface area contributed by atoms with Gasteiger partial charge in [0.05, 0.1) is 4.90 Å². The quantitative estimate of drug-likeness (QED) is 0.705. The van der Waals surface area contributed by atoms with E-state index < -0.39 is 15.9 Å². The van der Waals surface area contributed by atoms with E-state index in [1.54, 1.807) is 12.1 Å². The van der Waals surface area contributed by atoms with Crippen molar-refractivity contribution in [2.75, 3.05) is 5.32 Å². The minimum absolute atomic E-state index is 0.00575. The van der Waals surface area contributed by atoms with Crippen LogP contribution in [0.2, 0.25) is 5.02 Å². The van der Waals surface area contributed by atoms with Crippen LogP contribution >= 0.6 is 11.6 Å². The van der Waals surface area contributed by atoms with Crippen molar-refractivity contribution in [3.8, 4) is 0 Å². The predicted molar refractivity (Wildman–Crippen MR) is 92.6 cm³/mol. The molecule has 0 fully saturated rings. The number of benzene rings is 2. The zero-order chi connectivity index (χ0) is 18.0. The average molecular weight is 380 g/mol. The van der Waals surface area contributed by atoms with E-state index in [1.807, 2.05) is 0 Å². The van der Waals surface area contributed by atoms with Crippen molar-refractivity contribution in [3.63, 3.8) is 0 Å². The lowest BCUT2D eigenvalue weighted by Gasteiger charge is -2.17. The number of hydrazine groups is 1. The molecule has 130 valence electrons. The molecule has 1 aliphatic rings. The molecule has 0 atom stereocenters. The van der Waals surface area contributed by atoms with Crippen molar-refractivity contribution >= 4 is 39.1 Å². The average Bonchev–Trinajstić information content (AvgIpc) is 2.59. The Hall–Kier alpha value is -2.42. The molecule has 0 aromatic heterocycles. The molecule has 0 saturated heterocycles. The van der Waals surface area contributed by atoms with Crippen molar-refractivity contribution in [2.45, 2.75) is 17.7 Å². The van der Waals surface area contributed by atoms with Gasteiger partial charge >= 0.3 is 0 Å². The van der Waals surface area contributed by atoms with E-state index in [1.165, 1.54) is 30.3 Å². The number of sulfonamides is 1. The molecule has 2 aromatic rings. The number of hydrogen-bond acceptors (Lipinski definition) is 4. The van der Waals surface area contributed by atoms with E-state index in [-0.39, 0.29) is 16.4 Å². The van der Waals surface area contributed by atoms with Gasteiger partial charge in [0.1, 0.15) is 0 Å². The number of anilines is 1. The molecule has 0 spiro atoms. The van der Waals surface area contributed by atoms with Crippen molar-refractivity contribution in [3.05, 3.63) is 58.6 Å². The molecule has 25 heavy (non-hydrogen) atoms. The van der Waals surface area contributed by atoms with Gasteiger partial charge in [-0.2, -0.15) is 0 Å². The van der Waals surface area contributed by atoms with Crippen LogP contribution < -0.4 is 15.6 Å². The maximum atomic E-state index is 12.3. The lowest BCUT2D eigenvalue weighted by atomic mass is 10.0. The molecule has 0 aliphatic carbocycles. The first kappa shape index (κ1) is 17.4. The lowest BCUT2D eigenvalue weighted by molar-refractivity contribution is -0.116. The highest BCUT2D eigenvalue weighted by molar-refractivity contribution is 7.89. The first-order chi connectivity index (χ1) is 11.8. The van der Waals surface area contributed by atoms with Crippen LogP contribution in [0.3, 0.4) is 0 Å². The van der Waals surface area contributed by atoms with Crippen molar-refractivity contribution in [2.24, 2.45) is 0 Å². The Balaban J connectivity index is 1.74. The molecule has 7 nitrogen and oxygen atoms in total. The van der Waals surface area contributed by atoms with Crippen molar-refractivity contribution < 1.29 is 18.0 Å². The van der Waals surface area contributed by atoms with Crippen LogP contribution in [0.4, 0.5) is 5.69 Å². The Bertz CT molecular complexity index is 960. The molecular formula is C16H14ClN3O4S. The fourth-order valence-corrected chi connectivity index (χ4v) is 3.48. The molecule has 0 unspecified atom stereocenters. The molecular weight excluding hydrogens is 366 g/mol. The van der Waals surface area contributed by atoms with Crippen LogP contribution in [0, 0.1) is 0 Å². The minimum Gasteiger partial charge on any atom is -0.326 e. The van der Waals surface area contributed by atoms with Crippen LogP contribution in [0.5, 0.6) is 0 Å². The highest BCUT2D eigenvalue weighted by Crippen LogP contribution is 2.25. The SMILES string of the molecule is O=C1CCc2cc(S(=O)(=O)NNC(=O)c3cccc(Cl)c3)ccc2N1. The maximum absolute atomic E-state index is 12.3. The first-order valence-corrected chi connectivity index (χ1v) is 9.22. The second-order valence-electron chi connectivity index (χ2n) is 5.44. The molecule has 0 bridgehead atoms. The van der Waals surface area contributed by atoms with Gasteiger partial charge in [0.15, 0.2) is 0 Å². The molecule has 3 N–H and O–H groups in total. The summed E-state index contributed by atoms with van der Waals surface area (Å²) in [5.74, 6) is -0.730. The van der Waals surface area contributed by atoms with Crippen molar-refractivity contribution in [1.82, 2.24) is 10.3 Å². The number of nitrogens with one attached hydrogen (secondary N) is 3. The summed E-state index contributed by atoms with van der Waals surface area (Å²) in [5.41, 5.74) is 3.69. The Morgan fingerprint density at radius 3 is 2.68 bits per heavy atom. The standard InChI is InChI=1S/C16H14ClN3O4S/c17-12-3-1-2-11(8-12)16(22)19-20-25(23,24)13-5-6-14-10(9-13)4-7-15(21)18-14/h1-3,5-6,8-9,20H,4,7H2,(H,18,21)(H,19,22). The summed E-state index contributed by atoms with van der Waals surface area (Å²) in [6.45, 7) is 0. The highest BCUT2D eigenvalue weighted by atomic mass is 35.5. The minimum atomic E-state index is -3.95. The molecule has 0 radical (unpaired) electrons. The van der Waals surface area contributed by atoms with Gasteiger partial charge in [-0.15, -0.1) is 4.83 Å². The summed E-state index contributed by atoms with van der Waals surface area (Å²) in [7, 11) is -3.95. The maximum Gasteiger partial charge on any atom is 0.266 e. The Morgan fingerprint density at radius 2 is 1.92 bits per heavy atom. The van der Waals surface area contributed by atoms with E-state index in [4.69, 9.17) is 11.6 Å². The van der Waals surface area contributed by atoms with E-state index >= 15 is 0 Å². The van der Waals surface area contributed by atoms with Crippen molar-refractivity contribution in [1.29, 1.82) is 0 Å². The van der Waals surface area contributed by atoms with Crippen LogP contribution in [0.15, 0.2) is 47.4 Å². The molecule has 2 amide bonds. The van der Waals surface area contributed by atoms with Gasteiger partial charge in [0.2, 0.25) is 5.91 Å². The van der Waals surface area contributed by atoms with E-state index in [0.717, 1.165) is 5.56 Å². The number of halogens is 1. The van der Waals surface area contributed by atoms with E-state index in [9.17, 15) is 18.0 Å². The second kappa shape index (κ2) is 6.83. The summed E-state index contributed by atoms with van der Waals surface area (Å²) in [5, 5.41) is 3.05. The zero-order valence-corrected chi connectivity index (χ0v) is 14.4. The number of hydrogen-bond donors (Lipinski definition) is 3. The lowest BCUT2D eigenvalue weighted by Crippen LogP contribution is -2.41. The number of amides is 2. The smallest absolute Gasteiger partial charge is 0.266 e. The second-order valence-corrected chi connectivity index (χ2v) is 7.56. The summed E-state index contributed by atoms with van der Waals surface area (Å²) in [4.78, 5) is 25.4. The molecule has 1 aliphatic heterocycles. The summed E-state index contributed by atoms with van der Waals surface area (Å²) >= 11 is 5.80. The predicted octanol–water partition coefficient (Wildman–Crippen LogP) is 1.85. The molecule has 9 heteroatoms. The van der Waals surface area contributed by atoms with E-state index in [0.29, 0.717) is 23.6 Å². The number of fused-ring (bicyclic) bond motifs is 1. The number of aryl methyl sites for hydroxylation is 1. The topological polar surface area (TPSA) is 104 Å². The fraction of sp³-hybridized carbons (Fsp3) is 0.125. The van der Waals surface area contributed by atoms with Gasteiger partial charge in [-0.05, 0) is 48.4 Å². The largest absolute Gasteiger partial charge is 0.326 e. The first-order valence-electron chi connectivity index (χ1n) is 7.36. The van der Waals surface area contributed by atoms with Crippen LogP contribution in [0.1, 0.15) is 22.3 Å². The Kier molecular flexibility index (Phi) is 4.76.